The first kappa shape index (κ1) is 15.4. The second-order valence-electron chi connectivity index (χ2n) is 4.82. The Bertz CT molecular complexity index is 944. The summed E-state index contributed by atoms with van der Waals surface area (Å²) in [7, 11) is 0. The van der Waals surface area contributed by atoms with Crippen LogP contribution in [0.3, 0.4) is 0 Å². The van der Waals surface area contributed by atoms with Gasteiger partial charge in [0.15, 0.2) is 0 Å². The maximum absolute atomic E-state index is 13.3. The molecule has 0 atom stereocenters. The monoisotopic (exact) mass is 340 g/mol. The van der Waals surface area contributed by atoms with E-state index < -0.39 is 22.9 Å². The fourth-order valence-corrected chi connectivity index (χ4v) is 2.39. The number of halogens is 4. The molecule has 3 rings (SSSR count). The highest BCUT2D eigenvalue weighted by Crippen LogP contribution is 2.37. The summed E-state index contributed by atoms with van der Waals surface area (Å²) in [6, 6.07) is 8.80. The zero-order valence-corrected chi connectivity index (χ0v) is 12.1. The Morgan fingerprint density at radius 1 is 1.04 bits per heavy atom. The highest BCUT2D eigenvalue weighted by Gasteiger charge is 2.39. The van der Waals surface area contributed by atoms with Crippen molar-refractivity contribution in [1.82, 2.24) is 0 Å². The van der Waals surface area contributed by atoms with Gasteiger partial charge in [-0.3, -0.25) is 4.79 Å². The predicted octanol–water partition coefficient (Wildman–Crippen LogP) is 4.84. The van der Waals surface area contributed by atoms with Crippen LogP contribution in [0.4, 0.5) is 13.2 Å². The first-order valence-corrected chi connectivity index (χ1v) is 6.78. The number of hydrogen-bond acceptors (Lipinski definition) is 3. The van der Waals surface area contributed by atoms with E-state index in [-0.39, 0.29) is 22.3 Å². The summed E-state index contributed by atoms with van der Waals surface area (Å²) >= 11 is 5.73. The van der Waals surface area contributed by atoms with Gasteiger partial charge in [-0.25, -0.2) is 0 Å². The van der Waals surface area contributed by atoms with Crippen LogP contribution < -0.4 is 5.43 Å². The molecule has 0 radical (unpaired) electrons. The smallest absolute Gasteiger partial charge is 0.450 e. The molecule has 1 heterocycles. The lowest BCUT2D eigenvalue weighted by molar-refractivity contribution is -0.152. The van der Waals surface area contributed by atoms with Gasteiger partial charge in [0.2, 0.25) is 11.2 Å². The molecule has 0 spiro atoms. The Labute approximate surface area is 132 Å². The lowest BCUT2D eigenvalue weighted by atomic mass is 10.0. The van der Waals surface area contributed by atoms with Gasteiger partial charge in [0, 0.05) is 11.1 Å². The Balaban J connectivity index is 2.43. The summed E-state index contributed by atoms with van der Waals surface area (Å²) in [5.41, 5.74) is -1.71. The summed E-state index contributed by atoms with van der Waals surface area (Å²) < 4.78 is 44.8. The van der Waals surface area contributed by atoms with Crippen molar-refractivity contribution >= 4 is 22.6 Å². The molecule has 3 aromatic rings. The van der Waals surface area contributed by atoms with Crippen molar-refractivity contribution in [3.05, 3.63) is 63.5 Å². The van der Waals surface area contributed by atoms with Crippen LogP contribution >= 0.6 is 11.6 Å². The van der Waals surface area contributed by atoms with E-state index in [1.54, 1.807) is 0 Å². The van der Waals surface area contributed by atoms with E-state index >= 15 is 0 Å². The topological polar surface area (TPSA) is 50.4 Å². The maximum atomic E-state index is 13.3. The van der Waals surface area contributed by atoms with Gasteiger partial charge >= 0.3 is 6.18 Å². The van der Waals surface area contributed by atoms with Crippen molar-refractivity contribution in [3.63, 3.8) is 0 Å². The molecule has 3 nitrogen and oxygen atoms in total. The highest BCUT2D eigenvalue weighted by molar-refractivity contribution is 6.30. The Morgan fingerprint density at radius 3 is 2.30 bits per heavy atom. The van der Waals surface area contributed by atoms with E-state index in [4.69, 9.17) is 16.0 Å². The fraction of sp³-hybridized carbons (Fsp3) is 0.0625. The van der Waals surface area contributed by atoms with E-state index in [0.29, 0.717) is 5.02 Å². The minimum Gasteiger partial charge on any atom is -0.508 e. The van der Waals surface area contributed by atoms with Crippen LogP contribution in [-0.4, -0.2) is 5.11 Å². The number of rotatable bonds is 1. The number of hydrogen-bond donors (Lipinski definition) is 1. The van der Waals surface area contributed by atoms with E-state index in [1.807, 2.05) is 0 Å². The van der Waals surface area contributed by atoms with E-state index in [2.05, 4.69) is 0 Å². The summed E-state index contributed by atoms with van der Waals surface area (Å²) in [4.78, 5) is 12.5. The zero-order chi connectivity index (χ0) is 16.8. The van der Waals surface area contributed by atoms with Gasteiger partial charge in [-0.15, -0.1) is 0 Å². The highest BCUT2D eigenvalue weighted by atomic mass is 35.5. The fourth-order valence-electron chi connectivity index (χ4n) is 2.26. The molecule has 118 valence electrons. The van der Waals surface area contributed by atoms with Gasteiger partial charge in [-0.05, 0) is 29.8 Å². The lowest BCUT2D eigenvalue weighted by Crippen LogP contribution is -2.16. The van der Waals surface area contributed by atoms with Gasteiger partial charge in [-0.2, -0.15) is 13.2 Å². The van der Waals surface area contributed by atoms with Crippen molar-refractivity contribution in [2.24, 2.45) is 0 Å². The molecule has 0 aliphatic carbocycles. The third-order valence-electron chi connectivity index (χ3n) is 3.27. The molecule has 1 N–H and O–H groups in total. The average molecular weight is 341 g/mol. The number of fused-ring (bicyclic) bond motifs is 1. The van der Waals surface area contributed by atoms with Crippen LogP contribution in [0, 0.1) is 0 Å². The number of alkyl halides is 3. The molecule has 0 fully saturated rings. The lowest BCUT2D eigenvalue weighted by Gasteiger charge is -2.12. The second kappa shape index (κ2) is 5.31. The largest absolute Gasteiger partial charge is 0.508 e. The summed E-state index contributed by atoms with van der Waals surface area (Å²) in [5, 5.41) is 9.65. The molecular formula is C16H8ClF3O3. The van der Waals surface area contributed by atoms with Crippen LogP contribution in [0.5, 0.6) is 5.75 Å². The van der Waals surface area contributed by atoms with Crippen LogP contribution in [-0.2, 0) is 6.18 Å². The summed E-state index contributed by atoms with van der Waals surface area (Å²) in [6.45, 7) is 0. The van der Waals surface area contributed by atoms with Gasteiger partial charge in [-0.1, -0.05) is 23.7 Å². The number of aromatic hydroxyl groups is 1. The maximum Gasteiger partial charge on any atom is 0.450 e. The molecule has 2 aromatic carbocycles. The zero-order valence-electron chi connectivity index (χ0n) is 11.3. The quantitative estimate of drug-likeness (QED) is 0.689. The average Bonchev–Trinajstić information content (AvgIpc) is 2.47. The van der Waals surface area contributed by atoms with Crippen molar-refractivity contribution in [2.45, 2.75) is 6.18 Å². The van der Waals surface area contributed by atoms with Crippen LogP contribution in [0.15, 0.2) is 51.7 Å². The minimum atomic E-state index is -4.87. The third-order valence-corrected chi connectivity index (χ3v) is 3.52. The molecule has 0 aliphatic rings. The molecule has 23 heavy (non-hydrogen) atoms. The molecule has 0 saturated heterocycles. The van der Waals surface area contributed by atoms with Gasteiger partial charge in [0.05, 0.1) is 10.9 Å². The molecule has 0 bridgehead atoms. The first-order valence-electron chi connectivity index (χ1n) is 6.40. The molecule has 1 aromatic heterocycles. The number of benzene rings is 2. The SMILES string of the molecule is O=c1c(-c2ccc(Cl)cc2)c(C(F)(F)F)oc2cc(O)ccc12. The van der Waals surface area contributed by atoms with E-state index in [9.17, 15) is 23.1 Å². The van der Waals surface area contributed by atoms with E-state index in [1.165, 1.54) is 36.4 Å². The van der Waals surface area contributed by atoms with Crippen LogP contribution in [0.25, 0.3) is 22.1 Å². The summed E-state index contributed by atoms with van der Waals surface area (Å²) in [5.74, 6) is -1.71. The van der Waals surface area contributed by atoms with Crippen molar-refractivity contribution in [1.29, 1.82) is 0 Å². The molecule has 0 aliphatic heterocycles. The van der Waals surface area contributed by atoms with Gasteiger partial charge in [0.25, 0.3) is 0 Å². The van der Waals surface area contributed by atoms with Crippen LogP contribution in [0.2, 0.25) is 5.02 Å². The Kier molecular flexibility index (Phi) is 3.56. The molecule has 0 saturated carbocycles. The third kappa shape index (κ3) is 2.77. The van der Waals surface area contributed by atoms with Crippen molar-refractivity contribution < 1.29 is 22.7 Å². The second-order valence-corrected chi connectivity index (χ2v) is 5.26. The van der Waals surface area contributed by atoms with Crippen LogP contribution in [0.1, 0.15) is 5.76 Å². The first-order chi connectivity index (χ1) is 10.8. The molecule has 0 unspecified atom stereocenters. The summed E-state index contributed by atoms with van der Waals surface area (Å²) in [6.07, 6.45) is -4.87. The predicted molar refractivity (Wildman–Crippen MR) is 79.6 cm³/mol. The Hall–Kier alpha value is -2.47. The number of phenols is 1. The molecule has 7 heteroatoms. The Morgan fingerprint density at radius 2 is 1.70 bits per heavy atom. The van der Waals surface area contributed by atoms with E-state index in [0.717, 1.165) is 6.07 Å². The molecular weight excluding hydrogens is 333 g/mol. The van der Waals surface area contributed by atoms with Crippen molar-refractivity contribution in [3.8, 4) is 16.9 Å². The normalized spacial score (nSPS) is 11.8. The van der Waals surface area contributed by atoms with Crippen molar-refractivity contribution in [2.75, 3.05) is 0 Å². The minimum absolute atomic E-state index is 0.0467. The number of phenolic OH excluding ortho intramolecular Hbond substituents is 1. The van der Waals surface area contributed by atoms with Gasteiger partial charge < -0.3 is 9.52 Å². The standard InChI is InChI=1S/C16H8ClF3O3/c17-9-3-1-8(2-4-9)13-14(22)11-6-5-10(21)7-12(11)23-15(13)16(18,19)20/h1-7,21H. The van der Waals surface area contributed by atoms with Gasteiger partial charge in [0.1, 0.15) is 11.3 Å². The molecule has 0 amide bonds.